The molecule has 31 heavy (non-hydrogen) atoms. The highest BCUT2D eigenvalue weighted by Crippen LogP contribution is 2.30. The van der Waals surface area contributed by atoms with Gasteiger partial charge in [-0.3, -0.25) is 9.20 Å². The van der Waals surface area contributed by atoms with Gasteiger partial charge >= 0.3 is 5.97 Å². The Kier molecular flexibility index (Phi) is 5.49. The molecule has 1 amide bonds. The molecule has 1 N–H and O–H groups in total. The fraction of sp³-hybridized carbons (Fsp3) is 0.167. The predicted octanol–water partition coefficient (Wildman–Crippen LogP) is 4.44. The summed E-state index contributed by atoms with van der Waals surface area (Å²) in [6, 6.07) is 16.6. The SMILES string of the molecule is CCOC(=O)c1ccc(C(=O)Nc2c(-c3ccccc3)nc3c(C)cccn23)nc1C. The molecule has 0 bridgehead atoms. The number of rotatable bonds is 5. The van der Waals surface area contributed by atoms with Crippen molar-refractivity contribution >= 4 is 23.3 Å². The van der Waals surface area contributed by atoms with E-state index >= 15 is 0 Å². The molecule has 7 heteroatoms. The number of hydrogen-bond acceptors (Lipinski definition) is 5. The number of hydrogen-bond donors (Lipinski definition) is 1. The lowest BCUT2D eigenvalue weighted by atomic mass is 10.1. The van der Waals surface area contributed by atoms with Crippen LogP contribution in [0.25, 0.3) is 16.9 Å². The van der Waals surface area contributed by atoms with Crippen LogP contribution in [-0.2, 0) is 4.74 Å². The van der Waals surface area contributed by atoms with Crippen LogP contribution in [-0.4, -0.2) is 32.9 Å². The number of imidazole rings is 1. The highest BCUT2D eigenvalue weighted by atomic mass is 16.5. The van der Waals surface area contributed by atoms with Gasteiger partial charge in [-0.2, -0.15) is 0 Å². The van der Waals surface area contributed by atoms with Crippen molar-refractivity contribution in [2.45, 2.75) is 20.8 Å². The fourth-order valence-electron chi connectivity index (χ4n) is 3.40. The minimum atomic E-state index is -0.455. The number of aryl methyl sites for hydroxylation is 2. The number of anilines is 1. The molecule has 0 saturated carbocycles. The maximum atomic E-state index is 13.1. The van der Waals surface area contributed by atoms with Crippen molar-refractivity contribution in [3.05, 3.63) is 83.3 Å². The third kappa shape index (κ3) is 3.90. The topological polar surface area (TPSA) is 85.6 Å². The second kappa shape index (κ2) is 8.39. The summed E-state index contributed by atoms with van der Waals surface area (Å²) in [5, 5.41) is 2.96. The number of esters is 1. The summed E-state index contributed by atoms with van der Waals surface area (Å²) in [7, 11) is 0. The monoisotopic (exact) mass is 414 g/mol. The molecule has 4 aromatic rings. The number of aromatic nitrogens is 3. The van der Waals surface area contributed by atoms with Crippen LogP contribution in [0.4, 0.5) is 5.82 Å². The Hall–Kier alpha value is -4.00. The van der Waals surface area contributed by atoms with Crippen LogP contribution in [0.15, 0.2) is 60.8 Å². The van der Waals surface area contributed by atoms with E-state index in [2.05, 4.69) is 10.3 Å². The van der Waals surface area contributed by atoms with Crippen LogP contribution in [0.5, 0.6) is 0 Å². The Bertz CT molecular complexity index is 1280. The van der Waals surface area contributed by atoms with Crippen LogP contribution in [0, 0.1) is 13.8 Å². The second-order valence-electron chi connectivity index (χ2n) is 7.06. The number of ether oxygens (including phenoxy) is 1. The van der Waals surface area contributed by atoms with Crippen molar-refractivity contribution in [1.82, 2.24) is 14.4 Å². The molecule has 7 nitrogen and oxygen atoms in total. The normalized spacial score (nSPS) is 10.8. The van der Waals surface area contributed by atoms with E-state index in [0.717, 1.165) is 16.8 Å². The molecule has 3 aromatic heterocycles. The number of fused-ring (bicyclic) bond motifs is 1. The van der Waals surface area contributed by atoms with Crippen molar-refractivity contribution in [3.63, 3.8) is 0 Å². The number of nitrogens with one attached hydrogen (secondary N) is 1. The molecule has 156 valence electrons. The van der Waals surface area contributed by atoms with Crippen LogP contribution < -0.4 is 5.32 Å². The first kappa shape index (κ1) is 20.3. The molecule has 0 saturated heterocycles. The van der Waals surface area contributed by atoms with Crippen LogP contribution >= 0.6 is 0 Å². The first-order valence-corrected chi connectivity index (χ1v) is 9.98. The van der Waals surface area contributed by atoms with Gasteiger partial charge < -0.3 is 10.1 Å². The van der Waals surface area contributed by atoms with E-state index in [0.29, 0.717) is 22.8 Å². The summed E-state index contributed by atoms with van der Waals surface area (Å²) < 4.78 is 6.88. The molecule has 0 radical (unpaired) electrons. The van der Waals surface area contributed by atoms with E-state index in [1.807, 2.05) is 60.0 Å². The van der Waals surface area contributed by atoms with Crippen molar-refractivity contribution in [1.29, 1.82) is 0 Å². The summed E-state index contributed by atoms with van der Waals surface area (Å²) >= 11 is 0. The van der Waals surface area contributed by atoms with Gasteiger partial charge in [-0.1, -0.05) is 36.4 Å². The third-order valence-electron chi connectivity index (χ3n) is 4.94. The van der Waals surface area contributed by atoms with Gasteiger partial charge in [0.1, 0.15) is 22.9 Å². The highest BCUT2D eigenvalue weighted by Gasteiger charge is 2.20. The lowest BCUT2D eigenvalue weighted by Crippen LogP contribution is -2.17. The zero-order valence-corrected chi connectivity index (χ0v) is 17.5. The van der Waals surface area contributed by atoms with Gasteiger partial charge in [0.05, 0.1) is 17.9 Å². The summed E-state index contributed by atoms with van der Waals surface area (Å²) in [5.74, 6) is -0.286. The zero-order chi connectivity index (χ0) is 22.0. The molecule has 0 atom stereocenters. The van der Waals surface area contributed by atoms with Crippen LogP contribution in [0.3, 0.4) is 0 Å². The van der Waals surface area contributed by atoms with Crippen LogP contribution in [0.2, 0.25) is 0 Å². The van der Waals surface area contributed by atoms with Gasteiger partial charge in [0.15, 0.2) is 0 Å². The maximum Gasteiger partial charge on any atom is 0.339 e. The average Bonchev–Trinajstić information content (AvgIpc) is 3.14. The van der Waals surface area contributed by atoms with E-state index in [9.17, 15) is 9.59 Å². The molecule has 1 aromatic carbocycles. The number of carbonyl (C=O) groups is 2. The Labute approximate surface area is 179 Å². The van der Waals surface area contributed by atoms with Gasteiger partial charge in [0, 0.05) is 11.8 Å². The Balaban J connectivity index is 1.73. The van der Waals surface area contributed by atoms with Crippen molar-refractivity contribution in [2.75, 3.05) is 11.9 Å². The summed E-state index contributed by atoms with van der Waals surface area (Å²) in [4.78, 5) is 34.1. The molecular formula is C24H22N4O3. The van der Waals surface area contributed by atoms with E-state index < -0.39 is 5.97 Å². The van der Waals surface area contributed by atoms with E-state index in [4.69, 9.17) is 9.72 Å². The van der Waals surface area contributed by atoms with E-state index in [1.54, 1.807) is 19.9 Å². The molecule has 4 rings (SSSR count). The molecular weight excluding hydrogens is 392 g/mol. The molecule has 0 aliphatic heterocycles. The molecule has 0 fully saturated rings. The number of benzene rings is 1. The molecule has 0 aliphatic rings. The van der Waals surface area contributed by atoms with Gasteiger partial charge in [0.25, 0.3) is 5.91 Å². The van der Waals surface area contributed by atoms with Gasteiger partial charge in [-0.25, -0.2) is 14.8 Å². The highest BCUT2D eigenvalue weighted by molar-refractivity contribution is 6.05. The third-order valence-corrected chi connectivity index (χ3v) is 4.94. The van der Waals surface area contributed by atoms with E-state index in [-0.39, 0.29) is 18.2 Å². The number of nitrogens with zero attached hydrogens (tertiary/aromatic N) is 3. The van der Waals surface area contributed by atoms with Gasteiger partial charge in [-0.05, 0) is 44.5 Å². The Morgan fingerprint density at radius 3 is 2.48 bits per heavy atom. The van der Waals surface area contributed by atoms with Crippen LogP contribution in [0.1, 0.15) is 39.0 Å². The molecule has 3 heterocycles. The first-order chi connectivity index (χ1) is 15.0. The second-order valence-corrected chi connectivity index (χ2v) is 7.06. The average molecular weight is 414 g/mol. The largest absolute Gasteiger partial charge is 0.462 e. The minimum Gasteiger partial charge on any atom is -0.462 e. The van der Waals surface area contributed by atoms with Crippen molar-refractivity contribution in [3.8, 4) is 11.3 Å². The minimum absolute atomic E-state index is 0.201. The Morgan fingerprint density at radius 2 is 1.77 bits per heavy atom. The summed E-state index contributed by atoms with van der Waals surface area (Å²) in [5.41, 5.74) is 4.29. The van der Waals surface area contributed by atoms with E-state index in [1.165, 1.54) is 6.07 Å². The number of amides is 1. The number of carbonyl (C=O) groups excluding carboxylic acids is 2. The molecule has 0 unspecified atom stereocenters. The van der Waals surface area contributed by atoms with Gasteiger partial charge in [-0.15, -0.1) is 0 Å². The first-order valence-electron chi connectivity index (χ1n) is 9.98. The predicted molar refractivity (Wildman–Crippen MR) is 118 cm³/mol. The Morgan fingerprint density at radius 1 is 1.00 bits per heavy atom. The fourth-order valence-corrected chi connectivity index (χ4v) is 3.40. The standard InChI is InChI=1S/C24H22N4O3/c1-4-31-24(30)18-12-13-19(25-16(18)3)23(29)27-22-20(17-10-6-5-7-11-17)26-21-15(2)9-8-14-28(21)22/h5-14H,4H2,1-3H3,(H,27,29). The van der Waals surface area contributed by atoms with Crippen molar-refractivity contribution < 1.29 is 14.3 Å². The lowest BCUT2D eigenvalue weighted by Gasteiger charge is -2.10. The van der Waals surface area contributed by atoms with Gasteiger partial charge in [0.2, 0.25) is 0 Å². The van der Waals surface area contributed by atoms with Crippen molar-refractivity contribution in [2.24, 2.45) is 0 Å². The molecule has 0 aliphatic carbocycles. The summed E-state index contributed by atoms with van der Waals surface area (Å²) in [6.07, 6.45) is 1.86. The molecule has 0 spiro atoms. The smallest absolute Gasteiger partial charge is 0.339 e. The quantitative estimate of drug-likeness (QED) is 0.488. The maximum absolute atomic E-state index is 13.1. The lowest BCUT2D eigenvalue weighted by molar-refractivity contribution is 0.0524. The number of pyridine rings is 2. The zero-order valence-electron chi connectivity index (χ0n) is 17.5. The summed E-state index contributed by atoms with van der Waals surface area (Å²) in [6.45, 7) is 5.67.